The summed E-state index contributed by atoms with van der Waals surface area (Å²) in [4.78, 5) is 16.6. The molecule has 1 amide bonds. The molecule has 7 heteroatoms. The third kappa shape index (κ3) is 4.20. The number of ether oxygens (including phenoxy) is 1. The van der Waals surface area contributed by atoms with Crippen LogP contribution in [0.1, 0.15) is 18.1 Å². The minimum absolute atomic E-state index is 0. The van der Waals surface area contributed by atoms with Gasteiger partial charge in [0, 0.05) is 55.8 Å². The van der Waals surface area contributed by atoms with Crippen LogP contribution in [0.4, 0.5) is 0 Å². The van der Waals surface area contributed by atoms with E-state index in [1.807, 2.05) is 12.3 Å². The maximum Gasteiger partial charge on any atom is 0.216 e. The fourth-order valence-electron chi connectivity index (χ4n) is 3.07. The van der Waals surface area contributed by atoms with Crippen molar-refractivity contribution in [2.24, 2.45) is 0 Å². The molecule has 2 heterocycles. The molecule has 0 bridgehead atoms. The summed E-state index contributed by atoms with van der Waals surface area (Å²) in [5.41, 5.74) is 3.08. The topological polar surface area (TPSA) is 77.6 Å². The number of aromatic nitrogens is 1. The number of aromatic hydroxyl groups is 1. The average Bonchev–Trinajstić information content (AvgIpc) is 2.94. The molecular formula is C17H24ClN3O3. The van der Waals surface area contributed by atoms with Gasteiger partial charge in [-0.15, -0.1) is 12.4 Å². The van der Waals surface area contributed by atoms with Crippen molar-refractivity contribution >= 4 is 29.2 Å². The van der Waals surface area contributed by atoms with Crippen LogP contribution in [0.2, 0.25) is 0 Å². The first-order chi connectivity index (χ1) is 11.1. The summed E-state index contributed by atoms with van der Waals surface area (Å²) in [6.07, 6.45) is 2.70. The normalized spacial score (nSPS) is 15.2. The van der Waals surface area contributed by atoms with Crippen molar-refractivity contribution in [3.63, 3.8) is 0 Å². The molecule has 3 N–H and O–H groups in total. The summed E-state index contributed by atoms with van der Waals surface area (Å²) < 4.78 is 5.39. The van der Waals surface area contributed by atoms with Crippen LogP contribution >= 0.6 is 12.4 Å². The lowest BCUT2D eigenvalue weighted by Gasteiger charge is -2.27. The first-order valence-electron chi connectivity index (χ1n) is 8.00. The third-order valence-corrected chi connectivity index (χ3v) is 4.26. The Hall–Kier alpha value is -1.76. The van der Waals surface area contributed by atoms with E-state index in [1.165, 1.54) is 6.92 Å². The second kappa shape index (κ2) is 8.37. The number of aromatic amines is 1. The average molecular weight is 354 g/mol. The van der Waals surface area contributed by atoms with Gasteiger partial charge < -0.3 is 20.1 Å². The zero-order valence-electron chi connectivity index (χ0n) is 13.8. The number of phenolic OH excluding ortho intramolecular Hbond substituents is 1. The van der Waals surface area contributed by atoms with Crippen molar-refractivity contribution in [1.29, 1.82) is 0 Å². The molecule has 1 aliphatic rings. The Morgan fingerprint density at radius 3 is 2.83 bits per heavy atom. The number of nitrogens with zero attached hydrogens (tertiary/aromatic N) is 1. The zero-order valence-corrected chi connectivity index (χ0v) is 14.6. The molecule has 0 unspecified atom stereocenters. The maximum atomic E-state index is 11.0. The number of carbonyl (C=O) groups excluding carboxylic acids is 1. The van der Waals surface area contributed by atoms with Gasteiger partial charge >= 0.3 is 0 Å². The van der Waals surface area contributed by atoms with Crippen molar-refractivity contribution in [3.8, 4) is 5.75 Å². The molecule has 24 heavy (non-hydrogen) atoms. The van der Waals surface area contributed by atoms with Gasteiger partial charge in [0.15, 0.2) is 0 Å². The number of benzene rings is 1. The monoisotopic (exact) mass is 353 g/mol. The Labute approximate surface area is 147 Å². The van der Waals surface area contributed by atoms with E-state index in [-0.39, 0.29) is 18.3 Å². The molecule has 6 nitrogen and oxygen atoms in total. The highest BCUT2D eigenvalue weighted by atomic mass is 35.5. The van der Waals surface area contributed by atoms with E-state index in [0.717, 1.165) is 54.8 Å². The molecule has 0 radical (unpaired) electrons. The van der Waals surface area contributed by atoms with Crippen LogP contribution in [0.25, 0.3) is 10.9 Å². The van der Waals surface area contributed by atoms with Crippen molar-refractivity contribution in [2.75, 3.05) is 32.8 Å². The van der Waals surface area contributed by atoms with Crippen LogP contribution in [0.5, 0.6) is 5.75 Å². The minimum Gasteiger partial charge on any atom is -0.508 e. The van der Waals surface area contributed by atoms with Gasteiger partial charge in [-0.3, -0.25) is 9.69 Å². The van der Waals surface area contributed by atoms with Crippen molar-refractivity contribution in [1.82, 2.24) is 15.2 Å². The number of phenols is 1. The number of halogens is 1. The Morgan fingerprint density at radius 2 is 2.12 bits per heavy atom. The molecule has 0 saturated carbocycles. The van der Waals surface area contributed by atoms with E-state index in [2.05, 4.69) is 15.2 Å². The smallest absolute Gasteiger partial charge is 0.216 e. The maximum absolute atomic E-state index is 11.0. The molecule has 0 spiro atoms. The number of H-pyrrole nitrogens is 1. The Balaban J connectivity index is 0.00000208. The number of morpholine rings is 1. The molecule has 0 aliphatic carbocycles. The van der Waals surface area contributed by atoms with Crippen molar-refractivity contribution in [2.45, 2.75) is 19.9 Å². The molecule has 0 atom stereocenters. The van der Waals surface area contributed by atoms with Gasteiger partial charge in [-0.25, -0.2) is 0 Å². The van der Waals surface area contributed by atoms with Gasteiger partial charge in [-0.1, -0.05) is 0 Å². The predicted molar refractivity (Wildman–Crippen MR) is 95.7 cm³/mol. The second-order valence-corrected chi connectivity index (χ2v) is 5.92. The van der Waals surface area contributed by atoms with Crippen molar-refractivity contribution in [3.05, 3.63) is 29.5 Å². The van der Waals surface area contributed by atoms with Gasteiger partial charge in [0.05, 0.1) is 13.2 Å². The molecule has 132 valence electrons. The van der Waals surface area contributed by atoms with E-state index in [0.29, 0.717) is 18.8 Å². The van der Waals surface area contributed by atoms with Gasteiger partial charge in [0.25, 0.3) is 0 Å². The molecule has 1 aromatic heterocycles. The molecule has 3 rings (SSSR count). The zero-order chi connectivity index (χ0) is 16.2. The lowest BCUT2D eigenvalue weighted by atomic mass is 10.0. The summed E-state index contributed by atoms with van der Waals surface area (Å²) in [6, 6.07) is 3.64. The molecule has 1 fully saturated rings. The van der Waals surface area contributed by atoms with Crippen LogP contribution in [-0.2, 0) is 22.5 Å². The number of hydrogen-bond donors (Lipinski definition) is 3. The van der Waals surface area contributed by atoms with Gasteiger partial charge in [-0.05, 0) is 24.1 Å². The number of rotatable bonds is 5. The largest absolute Gasteiger partial charge is 0.508 e. The molecule has 1 aromatic carbocycles. The summed E-state index contributed by atoms with van der Waals surface area (Å²) in [5, 5.41) is 14.2. The molecule has 2 aromatic rings. The minimum atomic E-state index is -0.0266. The highest BCUT2D eigenvalue weighted by Gasteiger charge is 2.17. The van der Waals surface area contributed by atoms with Gasteiger partial charge in [-0.2, -0.15) is 0 Å². The van der Waals surface area contributed by atoms with Crippen LogP contribution in [-0.4, -0.2) is 53.7 Å². The standard InChI is InChI=1S/C17H23N3O3.ClH/c1-12(21)18-5-4-13-10-19-15-2-3-16(22)14(17(13)15)11-20-6-8-23-9-7-20;/h2-3,10,19,22H,4-9,11H2,1H3,(H,18,21);1H. The first-order valence-corrected chi connectivity index (χ1v) is 8.00. The van der Waals surface area contributed by atoms with Crippen LogP contribution < -0.4 is 5.32 Å². The summed E-state index contributed by atoms with van der Waals surface area (Å²) >= 11 is 0. The number of fused-ring (bicyclic) bond motifs is 1. The number of amides is 1. The van der Waals surface area contributed by atoms with E-state index in [9.17, 15) is 9.90 Å². The van der Waals surface area contributed by atoms with E-state index in [1.54, 1.807) is 6.07 Å². The lowest BCUT2D eigenvalue weighted by molar-refractivity contribution is -0.118. The fourth-order valence-corrected chi connectivity index (χ4v) is 3.07. The van der Waals surface area contributed by atoms with E-state index < -0.39 is 0 Å². The number of hydrogen-bond acceptors (Lipinski definition) is 4. The van der Waals surface area contributed by atoms with E-state index >= 15 is 0 Å². The fraction of sp³-hybridized carbons (Fsp3) is 0.471. The van der Waals surface area contributed by atoms with E-state index in [4.69, 9.17) is 4.74 Å². The molecule has 1 saturated heterocycles. The number of carbonyl (C=O) groups is 1. The third-order valence-electron chi connectivity index (χ3n) is 4.26. The first kappa shape index (κ1) is 18.6. The Kier molecular flexibility index (Phi) is 6.48. The second-order valence-electron chi connectivity index (χ2n) is 5.92. The highest BCUT2D eigenvalue weighted by Crippen LogP contribution is 2.31. The predicted octanol–water partition coefficient (Wildman–Crippen LogP) is 1.81. The van der Waals surface area contributed by atoms with Gasteiger partial charge in [0.2, 0.25) is 5.91 Å². The molecular weight excluding hydrogens is 330 g/mol. The van der Waals surface area contributed by atoms with Crippen LogP contribution in [0.15, 0.2) is 18.3 Å². The van der Waals surface area contributed by atoms with Crippen LogP contribution in [0.3, 0.4) is 0 Å². The van der Waals surface area contributed by atoms with Crippen LogP contribution in [0, 0.1) is 0 Å². The highest BCUT2D eigenvalue weighted by molar-refractivity contribution is 5.88. The SMILES string of the molecule is CC(=O)NCCc1c[nH]c2ccc(O)c(CN3CCOCC3)c12.Cl. The summed E-state index contributed by atoms with van der Waals surface area (Å²) in [7, 11) is 0. The number of nitrogens with one attached hydrogen (secondary N) is 2. The molecule has 1 aliphatic heterocycles. The van der Waals surface area contributed by atoms with Gasteiger partial charge in [0.1, 0.15) is 5.75 Å². The van der Waals surface area contributed by atoms with Crippen molar-refractivity contribution < 1.29 is 14.6 Å². The summed E-state index contributed by atoms with van der Waals surface area (Å²) in [5.74, 6) is 0.297. The Bertz CT molecular complexity index is 696. The lowest BCUT2D eigenvalue weighted by Crippen LogP contribution is -2.35. The summed E-state index contributed by atoms with van der Waals surface area (Å²) in [6.45, 7) is 6.04. The quantitative estimate of drug-likeness (QED) is 0.766. The Morgan fingerprint density at radius 1 is 1.38 bits per heavy atom.